The fourth-order valence-corrected chi connectivity index (χ4v) is 2.28. The van der Waals surface area contributed by atoms with Crippen LogP contribution in [0.15, 0.2) is 46.0 Å². The van der Waals surface area contributed by atoms with Gasteiger partial charge in [-0.25, -0.2) is 0 Å². The molecule has 0 radical (unpaired) electrons. The van der Waals surface area contributed by atoms with E-state index in [0.717, 1.165) is 5.56 Å². The van der Waals surface area contributed by atoms with Gasteiger partial charge in [0, 0.05) is 19.2 Å². The number of amides is 1. The Hall–Kier alpha value is -2.37. The Morgan fingerprint density at radius 3 is 2.64 bits per heavy atom. The minimum atomic E-state index is -2.90. The molecule has 0 fully saturated rings. The van der Waals surface area contributed by atoms with Crippen molar-refractivity contribution in [1.82, 2.24) is 16.0 Å². The second-order valence-corrected chi connectivity index (χ2v) is 5.63. The van der Waals surface area contributed by atoms with Gasteiger partial charge in [-0.3, -0.25) is 9.79 Å². The molecule has 7 nitrogen and oxygen atoms in total. The maximum absolute atomic E-state index is 12.5. The third kappa shape index (κ3) is 8.11. The minimum absolute atomic E-state index is 0. The van der Waals surface area contributed by atoms with Gasteiger partial charge < -0.3 is 25.1 Å². The van der Waals surface area contributed by atoms with Gasteiger partial charge in [-0.05, 0) is 25.1 Å². The number of halogens is 3. The van der Waals surface area contributed by atoms with Crippen molar-refractivity contribution >= 4 is 35.8 Å². The molecule has 3 N–H and O–H groups in total. The number of benzene rings is 1. The van der Waals surface area contributed by atoms with E-state index in [-0.39, 0.29) is 55.3 Å². The summed E-state index contributed by atoms with van der Waals surface area (Å²) >= 11 is 0. The highest BCUT2D eigenvalue weighted by atomic mass is 127. The van der Waals surface area contributed by atoms with Crippen LogP contribution in [0.3, 0.4) is 0 Å². The fraction of sp³-hybridized carbons (Fsp3) is 0.333. The quantitative estimate of drug-likeness (QED) is 0.290. The normalized spacial score (nSPS) is 11.0. The predicted octanol–water partition coefficient (Wildman–Crippen LogP) is 2.79. The molecule has 0 aliphatic carbocycles. The Bertz CT molecular complexity index is 770. The molecule has 154 valence electrons. The van der Waals surface area contributed by atoms with Gasteiger partial charge in [0.25, 0.3) is 0 Å². The molecule has 0 aliphatic heterocycles. The summed E-state index contributed by atoms with van der Waals surface area (Å²) in [7, 11) is 1.54. The van der Waals surface area contributed by atoms with Gasteiger partial charge in [-0.15, -0.1) is 24.0 Å². The number of nitrogens with zero attached hydrogens (tertiary/aromatic N) is 1. The van der Waals surface area contributed by atoms with Crippen LogP contribution in [-0.2, 0) is 17.9 Å². The summed E-state index contributed by atoms with van der Waals surface area (Å²) in [6.45, 7) is -0.559. The largest absolute Gasteiger partial charge is 0.467 e. The van der Waals surface area contributed by atoms with E-state index in [1.54, 1.807) is 31.3 Å². The molecule has 0 bridgehead atoms. The first-order valence-electron chi connectivity index (χ1n) is 8.26. The van der Waals surface area contributed by atoms with Gasteiger partial charge >= 0.3 is 6.61 Å². The molecular formula is C18H23F2IN4O3. The van der Waals surface area contributed by atoms with Crippen molar-refractivity contribution in [3.8, 4) is 5.75 Å². The highest BCUT2D eigenvalue weighted by molar-refractivity contribution is 14.0. The van der Waals surface area contributed by atoms with Crippen LogP contribution in [0.2, 0.25) is 0 Å². The van der Waals surface area contributed by atoms with E-state index in [0.29, 0.717) is 17.3 Å². The lowest BCUT2D eigenvalue weighted by molar-refractivity contribution is -0.120. The third-order valence-corrected chi connectivity index (χ3v) is 3.56. The Morgan fingerprint density at radius 1 is 1.21 bits per heavy atom. The minimum Gasteiger partial charge on any atom is -0.467 e. The summed E-state index contributed by atoms with van der Waals surface area (Å²) in [5.74, 6) is 0.853. The van der Waals surface area contributed by atoms with Crippen LogP contribution in [0.25, 0.3) is 0 Å². The Labute approximate surface area is 178 Å². The highest BCUT2D eigenvalue weighted by Gasteiger charge is 2.11. The molecule has 0 atom stereocenters. The number of nitrogens with one attached hydrogen (secondary N) is 3. The monoisotopic (exact) mass is 508 g/mol. The van der Waals surface area contributed by atoms with Crippen LogP contribution in [0.1, 0.15) is 16.9 Å². The van der Waals surface area contributed by atoms with Crippen LogP contribution >= 0.6 is 24.0 Å². The number of rotatable bonds is 8. The SMILES string of the molecule is CN=C(NCC(=O)NCc1ccco1)NCc1cc(C)ccc1OC(F)F.I. The molecule has 1 heterocycles. The third-order valence-electron chi connectivity index (χ3n) is 3.56. The maximum atomic E-state index is 12.5. The van der Waals surface area contributed by atoms with Crippen molar-refractivity contribution < 1.29 is 22.7 Å². The summed E-state index contributed by atoms with van der Waals surface area (Å²) in [6, 6.07) is 8.43. The van der Waals surface area contributed by atoms with Crippen molar-refractivity contribution in [3.63, 3.8) is 0 Å². The van der Waals surface area contributed by atoms with E-state index in [2.05, 4.69) is 25.7 Å². The second-order valence-electron chi connectivity index (χ2n) is 5.63. The van der Waals surface area contributed by atoms with Gasteiger partial charge in [0.15, 0.2) is 5.96 Å². The van der Waals surface area contributed by atoms with Crippen molar-refractivity contribution in [2.24, 2.45) is 4.99 Å². The number of aryl methyl sites for hydroxylation is 1. The van der Waals surface area contributed by atoms with Gasteiger partial charge in [0.2, 0.25) is 5.91 Å². The number of guanidine groups is 1. The molecule has 2 rings (SSSR count). The van der Waals surface area contributed by atoms with E-state index in [4.69, 9.17) is 4.42 Å². The molecule has 0 saturated heterocycles. The second kappa shape index (κ2) is 12.2. The number of hydrogen-bond donors (Lipinski definition) is 3. The van der Waals surface area contributed by atoms with Crippen LogP contribution in [0, 0.1) is 6.92 Å². The van der Waals surface area contributed by atoms with E-state index in [1.807, 2.05) is 6.92 Å². The van der Waals surface area contributed by atoms with Crippen molar-refractivity contribution in [2.45, 2.75) is 26.6 Å². The molecule has 28 heavy (non-hydrogen) atoms. The first kappa shape index (κ1) is 23.7. The number of furan rings is 1. The zero-order valence-corrected chi connectivity index (χ0v) is 17.8. The highest BCUT2D eigenvalue weighted by Crippen LogP contribution is 2.21. The van der Waals surface area contributed by atoms with E-state index in [1.165, 1.54) is 12.3 Å². The summed E-state index contributed by atoms with van der Waals surface area (Å²) in [5.41, 5.74) is 1.47. The Balaban J connectivity index is 0.00000392. The number of carbonyl (C=O) groups excluding carboxylic acids is 1. The molecule has 10 heteroatoms. The first-order chi connectivity index (χ1) is 13.0. The Kier molecular flexibility index (Phi) is 10.3. The van der Waals surface area contributed by atoms with Crippen molar-refractivity contribution in [2.75, 3.05) is 13.6 Å². The predicted molar refractivity (Wildman–Crippen MR) is 112 cm³/mol. The van der Waals surface area contributed by atoms with Crippen molar-refractivity contribution in [1.29, 1.82) is 0 Å². The summed E-state index contributed by atoms with van der Waals surface area (Å²) in [6.07, 6.45) is 1.53. The molecule has 0 unspecified atom stereocenters. The average molecular weight is 508 g/mol. The summed E-state index contributed by atoms with van der Waals surface area (Å²) < 4.78 is 34.7. The molecule has 0 aliphatic rings. The molecule has 0 spiro atoms. The smallest absolute Gasteiger partial charge is 0.387 e. The van der Waals surface area contributed by atoms with E-state index >= 15 is 0 Å². The van der Waals surface area contributed by atoms with Crippen LogP contribution in [-0.4, -0.2) is 32.1 Å². The van der Waals surface area contributed by atoms with Gasteiger partial charge in [-0.2, -0.15) is 8.78 Å². The number of ether oxygens (including phenoxy) is 1. The lowest BCUT2D eigenvalue weighted by Gasteiger charge is -2.15. The van der Waals surface area contributed by atoms with Gasteiger partial charge in [0.1, 0.15) is 11.5 Å². The summed E-state index contributed by atoms with van der Waals surface area (Å²) in [5, 5.41) is 8.51. The molecular weight excluding hydrogens is 485 g/mol. The fourth-order valence-electron chi connectivity index (χ4n) is 2.28. The number of carbonyl (C=O) groups is 1. The number of hydrogen-bond acceptors (Lipinski definition) is 4. The average Bonchev–Trinajstić information content (AvgIpc) is 3.15. The lowest BCUT2D eigenvalue weighted by atomic mass is 10.1. The molecule has 1 amide bonds. The maximum Gasteiger partial charge on any atom is 0.387 e. The lowest BCUT2D eigenvalue weighted by Crippen LogP contribution is -2.42. The zero-order chi connectivity index (χ0) is 19.6. The Morgan fingerprint density at radius 2 is 2.00 bits per heavy atom. The number of alkyl halides is 2. The summed E-state index contributed by atoms with van der Waals surface area (Å²) in [4.78, 5) is 15.9. The topological polar surface area (TPSA) is 87.9 Å². The van der Waals surface area contributed by atoms with Crippen LogP contribution in [0.4, 0.5) is 8.78 Å². The first-order valence-corrected chi connectivity index (χ1v) is 8.26. The van der Waals surface area contributed by atoms with Crippen LogP contribution in [0.5, 0.6) is 5.75 Å². The van der Waals surface area contributed by atoms with Gasteiger partial charge in [-0.1, -0.05) is 17.7 Å². The number of aliphatic imine (C=N–C) groups is 1. The van der Waals surface area contributed by atoms with Crippen LogP contribution < -0.4 is 20.7 Å². The molecule has 2 aromatic rings. The van der Waals surface area contributed by atoms with Crippen molar-refractivity contribution in [3.05, 3.63) is 53.5 Å². The zero-order valence-electron chi connectivity index (χ0n) is 15.5. The molecule has 1 aromatic carbocycles. The van der Waals surface area contributed by atoms with Gasteiger partial charge in [0.05, 0.1) is 19.4 Å². The van der Waals surface area contributed by atoms with E-state index < -0.39 is 6.61 Å². The molecule has 0 saturated carbocycles. The van der Waals surface area contributed by atoms with E-state index in [9.17, 15) is 13.6 Å². The standard InChI is InChI=1S/C18H22F2N4O3.HI/c1-12-5-6-15(27-17(19)20)13(8-12)9-23-18(21-2)24-11-16(25)22-10-14-4-3-7-26-14;/h3-8,17H,9-11H2,1-2H3,(H,22,25)(H2,21,23,24);1H. The molecule has 1 aromatic heterocycles.